The normalized spacial score (nSPS) is 9.69. The first-order valence-corrected chi connectivity index (χ1v) is 6.12. The van der Waals surface area contributed by atoms with Gasteiger partial charge in [-0.25, -0.2) is 0 Å². The van der Waals surface area contributed by atoms with Gasteiger partial charge < -0.3 is 0 Å². The van der Waals surface area contributed by atoms with Crippen molar-refractivity contribution >= 4 is 11.3 Å². The zero-order valence-corrected chi connectivity index (χ0v) is 10.6. The smallest absolute Gasteiger partial charge is 0.0777 e. The van der Waals surface area contributed by atoms with Crippen molar-refractivity contribution in [3.63, 3.8) is 0 Å². The largest absolute Gasteiger partial charge is 0.132 e. The van der Waals surface area contributed by atoms with Crippen molar-refractivity contribution in [2.45, 2.75) is 20.8 Å². The molecule has 0 aliphatic heterocycles. The molecule has 0 fully saturated rings. The Morgan fingerprint density at radius 2 is 1.62 bits per heavy atom. The highest BCUT2D eigenvalue weighted by atomic mass is 32.1. The summed E-state index contributed by atoms with van der Waals surface area (Å²) >= 11 is 1.76. The van der Waals surface area contributed by atoms with Gasteiger partial charge in [-0.1, -0.05) is 29.5 Å². The fourth-order valence-electron chi connectivity index (χ4n) is 1.41. The molecule has 1 aromatic carbocycles. The topological polar surface area (TPSA) is 0 Å². The van der Waals surface area contributed by atoms with E-state index >= 15 is 0 Å². The number of rotatable bonds is 0. The zero-order chi connectivity index (χ0) is 11.5. The Kier molecular flexibility index (Phi) is 3.12. The first kappa shape index (κ1) is 11.0. The fraction of sp³-hybridized carbons (Fsp3) is 0.200. The van der Waals surface area contributed by atoms with Gasteiger partial charge in [-0.3, -0.25) is 0 Å². The predicted octanol–water partition coefficient (Wildman–Crippen LogP) is 4.07. The third kappa shape index (κ3) is 2.53. The highest BCUT2D eigenvalue weighted by molar-refractivity contribution is 7.12. The van der Waals surface area contributed by atoms with Crippen molar-refractivity contribution in [3.05, 3.63) is 56.8 Å². The van der Waals surface area contributed by atoms with Gasteiger partial charge in [-0.2, -0.15) is 0 Å². The Balaban J connectivity index is 2.24. The van der Waals surface area contributed by atoms with Crippen LogP contribution in [-0.4, -0.2) is 0 Å². The monoisotopic (exact) mass is 226 g/mol. The van der Waals surface area contributed by atoms with Gasteiger partial charge in [0.25, 0.3) is 0 Å². The second-order valence-electron chi connectivity index (χ2n) is 3.97. The molecule has 2 rings (SSSR count). The predicted molar refractivity (Wildman–Crippen MR) is 71.0 cm³/mol. The van der Waals surface area contributed by atoms with Crippen molar-refractivity contribution in [1.29, 1.82) is 0 Å². The van der Waals surface area contributed by atoms with E-state index < -0.39 is 0 Å². The van der Waals surface area contributed by atoms with Crippen LogP contribution in [-0.2, 0) is 0 Å². The van der Waals surface area contributed by atoms with Crippen LogP contribution in [0.1, 0.15) is 26.4 Å². The number of hydrogen-bond acceptors (Lipinski definition) is 1. The molecular formula is C15H14S. The van der Waals surface area contributed by atoms with E-state index in [4.69, 9.17) is 0 Å². The molecule has 0 radical (unpaired) electrons. The molecule has 0 saturated carbocycles. The minimum atomic E-state index is 1.08. The van der Waals surface area contributed by atoms with Crippen LogP contribution in [0.25, 0.3) is 0 Å². The first-order valence-electron chi connectivity index (χ1n) is 5.31. The molecule has 0 bridgehead atoms. The minimum Gasteiger partial charge on any atom is -0.132 e. The van der Waals surface area contributed by atoms with Crippen LogP contribution < -0.4 is 0 Å². The Bertz CT molecular complexity index is 528. The second kappa shape index (κ2) is 4.55. The molecule has 0 saturated heterocycles. The molecule has 0 aliphatic carbocycles. The van der Waals surface area contributed by atoms with Gasteiger partial charge in [0.2, 0.25) is 0 Å². The van der Waals surface area contributed by atoms with Crippen LogP contribution in [0.15, 0.2) is 30.3 Å². The third-order valence-electron chi connectivity index (χ3n) is 2.55. The molecule has 2 aromatic rings. The molecule has 0 aliphatic rings. The summed E-state index contributed by atoms with van der Waals surface area (Å²) in [6.07, 6.45) is 0. The summed E-state index contributed by atoms with van der Waals surface area (Å²) in [6, 6.07) is 10.5. The highest BCUT2D eigenvalue weighted by Gasteiger charge is 1.97. The molecule has 0 spiro atoms. The van der Waals surface area contributed by atoms with Crippen molar-refractivity contribution in [2.24, 2.45) is 0 Å². The number of thiophene rings is 1. The molecule has 80 valence electrons. The molecule has 1 heteroatoms. The van der Waals surface area contributed by atoms with E-state index in [0.29, 0.717) is 0 Å². The summed E-state index contributed by atoms with van der Waals surface area (Å²) in [7, 11) is 0. The van der Waals surface area contributed by atoms with Crippen LogP contribution >= 0.6 is 11.3 Å². The summed E-state index contributed by atoms with van der Waals surface area (Å²) in [6.45, 7) is 6.35. The quantitative estimate of drug-likeness (QED) is 0.594. The summed E-state index contributed by atoms with van der Waals surface area (Å²) in [5.74, 6) is 6.40. The Labute approximate surface area is 101 Å². The molecule has 0 N–H and O–H groups in total. The van der Waals surface area contributed by atoms with Crippen LogP contribution in [0.3, 0.4) is 0 Å². The van der Waals surface area contributed by atoms with Crippen molar-refractivity contribution < 1.29 is 0 Å². The molecule has 0 nitrogen and oxygen atoms in total. The minimum absolute atomic E-state index is 1.08. The molecule has 0 unspecified atom stereocenters. The van der Waals surface area contributed by atoms with E-state index in [-0.39, 0.29) is 0 Å². The maximum Gasteiger partial charge on any atom is 0.0777 e. The Hall–Kier alpha value is -1.52. The maximum atomic E-state index is 3.21. The summed E-state index contributed by atoms with van der Waals surface area (Å²) in [4.78, 5) is 2.50. The summed E-state index contributed by atoms with van der Waals surface area (Å²) in [5, 5.41) is 0. The van der Waals surface area contributed by atoms with E-state index in [2.05, 4.69) is 62.9 Å². The summed E-state index contributed by atoms with van der Waals surface area (Å²) < 4.78 is 0. The van der Waals surface area contributed by atoms with Gasteiger partial charge >= 0.3 is 0 Å². The third-order valence-corrected chi connectivity index (χ3v) is 3.62. The van der Waals surface area contributed by atoms with E-state index in [9.17, 15) is 0 Å². The summed E-state index contributed by atoms with van der Waals surface area (Å²) in [5.41, 5.74) is 3.68. The molecule has 0 amide bonds. The average molecular weight is 226 g/mol. The van der Waals surface area contributed by atoms with Crippen LogP contribution in [0.4, 0.5) is 0 Å². The number of benzene rings is 1. The van der Waals surface area contributed by atoms with E-state index in [0.717, 1.165) is 10.4 Å². The van der Waals surface area contributed by atoms with Crippen molar-refractivity contribution in [3.8, 4) is 11.8 Å². The highest BCUT2D eigenvalue weighted by Crippen LogP contribution is 2.19. The van der Waals surface area contributed by atoms with Crippen LogP contribution in [0, 0.1) is 32.6 Å². The lowest BCUT2D eigenvalue weighted by Gasteiger charge is -1.90. The molecule has 16 heavy (non-hydrogen) atoms. The van der Waals surface area contributed by atoms with Crippen molar-refractivity contribution in [1.82, 2.24) is 0 Å². The van der Waals surface area contributed by atoms with E-state index in [1.54, 1.807) is 11.3 Å². The van der Waals surface area contributed by atoms with Crippen LogP contribution in [0.5, 0.6) is 0 Å². The molecular weight excluding hydrogens is 212 g/mol. The Morgan fingerprint density at radius 1 is 0.938 bits per heavy atom. The average Bonchev–Trinajstić information content (AvgIpc) is 2.58. The van der Waals surface area contributed by atoms with Crippen LogP contribution in [0.2, 0.25) is 0 Å². The Morgan fingerprint density at radius 3 is 2.19 bits per heavy atom. The SMILES string of the molecule is Cc1ccc(C#Cc2cc(C)c(C)s2)cc1. The molecule has 1 heterocycles. The van der Waals surface area contributed by atoms with Gasteiger partial charge in [0.15, 0.2) is 0 Å². The molecule has 1 aromatic heterocycles. The van der Waals surface area contributed by atoms with E-state index in [1.165, 1.54) is 16.0 Å². The lowest BCUT2D eigenvalue weighted by atomic mass is 10.1. The van der Waals surface area contributed by atoms with Gasteiger partial charge in [0.1, 0.15) is 0 Å². The molecule has 0 atom stereocenters. The standard InChI is InChI=1S/C15H14S/c1-11-4-6-14(7-5-11)8-9-15-10-12(2)13(3)16-15/h4-7,10H,1-3H3. The number of aryl methyl sites for hydroxylation is 3. The zero-order valence-electron chi connectivity index (χ0n) is 9.79. The van der Waals surface area contributed by atoms with Gasteiger partial charge in [-0.05, 0) is 44.5 Å². The van der Waals surface area contributed by atoms with Crippen molar-refractivity contribution in [2.75, 3.05) is 0 Å². The lowest BCUT2D eigenvalue weighted by Crippen LogP contribution is -1.74. The van der Waals surface area contributed by atoms with Gasteiger partial charge in [0.05, 0.1) is 4.88 Å². The van der Waals surface area contributed by atoms with Gasteiger partial charge in [0, 0.05) is 10.4 Å². The fourth-order valence-corrected chi connectivity index (χ4v) is 2.29. The second-order valence-corrected chi connectivity index (χ2v) is 5.22. The maximum absolute atomic E-state index is 3.21. The van der Waals surface area contributed by atoms with Gasteiger partial charge in [-0.15, -0.1) is 11.3 Å². The lowest BCUT2D eigenvalue weighted by molar-refractivity contribution is 1.44. The number of hydrogen-bond donors (Lipinski definition) is 0. The first-order chi connectivity index (χ1) is 7.65. The van der Waals surface area contributed by atoms with E-state index in [1.807, 2.05) is 0 Å².